The molecular weight excluding hydrogens is 390 g/mol. The number of para-hydroxylation sites is 1. The molecule has 0 aliphatic carbocycles. The largest absolute Gasteiger partial charge is 0.341 e. The Morgan fingerprint density at radius 2 is 1.45 bits per heavy atom. The van der Waals surface area contributed by atoms with Gasteiger partial charge in [0.05, 0.1) is 11.3 Å². The second-order valence-corrected chi connectivity index (χ2v) is 6.78. The van der Waals surface area contributed by atoms with Crippen LogP contribution >= 0.6 is 0 Å². The third kappa shape index (κ3) is 4.62. The molecule has 0 aliphatic heterocycles. The predicted octanol–water partition coefficient (Wildman–Crippen LogP) is 4.54. The number of nitrogens with one attached hydrogen (secondary N) is 3. The van der Waals surface area contributed by atoms with Crippen LogP contribution < -0.4 is 16.0 Å². The van der Waals surface area contributed by atoms with Crippen LogP contribution in [0.5, 0.6) is 0 Å². The summed E-state index contributed by atoms with van der Waals surface area (Å²) in [6, 6.07) is 25.8. The monoisotopic (exact) mass is 411 g/mol. The quantitative estimate of drug-likeness (QED) is 0.450. The van der Waals surface area contributed by atoms with Gasteiger partial charge in [0, 0.05) is 30.2 Å². The molecule has 4 rings (SSSR count). The van der Waals surface area contributed by atoms with Gasteiger partial charge in [-0.1, -0.05) is 54.6 Å². The number of rotatable bonds is 5. The smallest absolute Gasteiger partial charge is 0.318 e. The van der Waals surface area contributed by atoms with Gasteiger partial charge in [-0.15, -0.1) is 0 Å². The zero-order chi connectivity index (χ0) is 21.6. The molecule has 0 atom stereocenters. The number of carbonyl (C=O) groups excluding carboxylic acids is 2. The number of amides is 3. The molecule has 3 amide bonds. The number of benzene rings is 3. The summed E-state index contributed by atoms with van der Waals surface area (Å²) in [5.74, 6) is -0.293. The standard InChI is InChI=1S/C24H21N5O2/c1-25-24(31)27-19-12-8-11-18(15-19)26-23(30)21-16-29(20-13-6-3-7-14-20)28-22(21)17-9-4-2-5-10-17/h2-16H,1H3,(H,26,30)(H2,25,27,31). The van der Waals surface area contributed by atoms with Gasteiger partial charge in [0.1, 0.15) is 5.69 Å². The van der Waals surface area contributed by atoms with Crippen LogP contribution in [0.1, 0.15) is 10.4 Å². The predicted molar refractivity (Wildman–Crippen MR) is 121 cm³/mol. The second-order valence-electron chi connectivity index (χ2n) is 6.78. The number of hydrogen-bond acceptors (Lipinski definition) is 3. The zero-order valence-electron chi connectivity index (χ0n) is 16.9. The molecule has 3 N–H and O–H groups in total. The maximum Gasteiger partial charge on any atom is 0.318 e. The number of nitrogens with zero attached hydrogens (tertiary/aromatic N) is 2. The lowest BCUT2D eigenvalue weighted by Crippen LogP contribution is -2.24. The molecule has 0 radical (unpaired) electrons. The summed E-state index contributed by atoms with van der Waals surface area (Å²) in [4.78, 5) is 24.7. The fourth-order valence-electron chi connectivity index (χ4n) is 3.13. The van der Waals surface area contributed by atoms with Crippen molar-refractivity contribution in [2.45, 2.75) is 0 Å². The van der Waals surface area contributed by atoms with E-state index in [-0.39, 0.29) is 11.9 Å². The number of carbonyl (C=O) groups is 2. The van der Waals surface area contributed by atoms with Crippen molar-refractivity contribution in [3.05, 3.63) is 96.7 Å². The zero-order valence-corrected chi connectivity index (χ0v) is 16.9. The van der Waals surface area contributed by atoms with E-state index < -0.39 is 0 Å². The highest BCUT2D eigenvalue weighted by molar-refractivity contribution is 6.08. The van der Waals surface area contributed by atoms with Gasteiger partial charge < -0.3 is 16.0 Å². The van der Waals surface area contributed by atoms with Crippen molar-refractivity contribution in [2.24, 2.45) is 0 Å². The van der Waals surface area contributed by atoms with E-state index in [2.05, 4.69) is 21.0 Å². The maximum absolute atomic E-state index is 13.2. The fraction of sp³-hybridized carbons (Fsp3) is 0.0417. The average Bonchev–Trinajstić information content (AvgIpc) is 3.26. The van der Waals surface area contributed by atoms with E-state index in [1.807, 2.05) is 60.7 Å². The highest BCUT2D eigenvalue weighted by atomic mass is 16.2. The van der Waals surface area contributed by atoms with E-state index in [0.29, 0.717) is 22.6 Å². The lowest BCUT2D eigenvalue weighted by atomic mass is 10.1. The van der Waals surface area contributed by atoms with Crippen LogP contribution in [0.25, 0.3) is 16.9 Å². The molecule has 0 unspecified atom stereocenters. The van der Waals surface area contributed by atoms with Crippen molar-refractivity contribution < 1.29 is 9.59 Å². The van der Waals surface area contributed by atoms with Crippen molar-refractivity contribution in [3.63, 3.8) is 0 Å². The summed E-state index contributed by atoms with van der Waals surface area (Å²) in [6.07, 6.45) is 1.72. The molecule has 0 saturated carbocycles. The Hall–Kier alpha value is -4.39. The topological polar surface area (TPSA) is 88.0 Å². The van der Waals surface area contributed by atoms with E-state index in [4.69, 9.17) is 0 Å². The second kappa shape index (κ2) is 8.96. The molecule has 3 aromatic carbocycles. The van der Waals surface area contributed by atoms with E-state index in [1.54, 1.807) is 35.1 Å². The number of anilines is 2. The number of hydrogen-bond donors (Lipinski definition) is 3. The van der Waals surface area contributed by atoms with Gasteiger partial charge >= 0.3 is 6.03 Å². The van der Waals surface area contributed by atoms with E-state index in [0.717, 1.165) is 11.3 Å². The lowest BCUT2D eigenvalue weighted by molar-refractivity contribution is 0.102. The maximum atomic E-state index is 13.2. The SMILES string of the molecule is CNC(=O)Nc1cccc(NC(=O)c2cn(-c3ccccc3)nc2-c2ccccc2)c1. The van der Waals surface area contributed by atoms with Crippen LogP contribution in [0.15, 0.2) is 91.1 Å². The summed E-state index contributed by atoms with van der Waals surface area (Å²) < 4.78 is 1.70. The van der Waals surface area contributed by atoms with E-state index in [1.165, 1.54) is 7.05 Å². The third-order valence-corrected chi connectivity index (χ3v) is 4.63. The third-order valence-electron chi connectivity index (χ3n) is 4.63. The average molecular weight is 411 g/mol. The van der Waals surface area contributed by atoms with Crippen LogP contribution in [0.3, 0.4) is 0 Å². The molecule has 1 aromatic heterocycles. The lowest BCUT2D eigenvalue weighted by Gasteiger charge is -2.08. The minimum Gasteiger partial charge on any atom is -0.341 e. The first-order valence-electron chi connectivity index (χ1n) is 9.75. The Balaban J connectivity index is 1.67. The first kappa shape index (κ1) is 19.9. The van der Waals surface area contributed by atoms with Gasteiger partial charge in [0.2, 0.25) is 0 Å². The van der Waals surface area contributed by atoms with Crippen LogP contribution in [-0.2, 0) is 0 Å². The van der Waals surface area contributed by atoms with Crippen molar-refractivity contribution >= 4 is 23.3 Å². The summed E-state index contributed by atoms with van der Waals surface area (Å²) in [6.45, 7) is 0. The van der Waals surface area contributed by atoms with Gasteiger partial charge in [-0.2, -0.15) is 5.10 Å². The fourth-order valence-corrected chi connectivity index (χ4v) is 3.13. The molecule has 0 spiro atoms. The van der Waals surface area contributed by atoms with Gasteiger partial charge in [-0.25, -0.2) is 9.48 Å². The first-order chi connectivity index (χ1) is 15.1. The molecule has 31 heavy (non-hydrogen) atoms. The Labute approximate surface area is 179 Å². The summed E-state index contributed by atoms with van der Waals surface area (Å²) >= 11 is 0. The van der Waals surface area contributed by atoms with Gasteiger partial charge in [-0.05, 0) is 30.3 Å². The van der Waals surface area contributed by atoms with Crippen molar-refractivity contribution in [1.29, 1.82) is 0 Å². The Morgan fingerprint density at radius 1 is 0.806 bits per heavy atom. The van der Waals surface area contributed by atoms with Crippen LogP contribution in [-0.4, -0.2) is 28.8 Å². The highest BCUT2D eigenvalue weighted by Crippen LogP contribution is 2.25. The Bertz CT molecular complexity index is 1200. The Morgan fingerprint density at radius 3 is 2.13 bits per heavy atom. The summed E-state index contributed by atoms with van der Waals surface area (Å²) in [7, 11) is 1.54. The van der Waals surface area contributed by atoms with Crippen molar-refractivity contribution in [1.82, 2.24) is 15.1 Å². The molecule has 7 heteroatoms. The molecule has 0 aliphatic rings. The van der Waals surface area contributed by atoms with Crippen LogP contribution in [0.4, 0.5) is 16.2 Å². The number of aromatic nitrogens is 2. The van der Waals surface area contributed by atoms with Gasteiger partial charge in [0.25, 0.3) is 5.91 Å². The molecular formula is C24H21N5O2. The summed E-state index contributed by atoms with van der Waals surface area (Å²) in [5, 5.41) is 12.8. The Kier molecular flexibility index (Phi) is 5.75. The summed E-state index contributed by atoms with van der Waals surface area (Å²) in [5.41, 5.74) is 3.86. The molecule has 1 heterocycles. The van der Waals surface area contributed by atoms with Gasteiger partial charge in [0.15, 0.2) is 0 Å². The van der Waals surface area contributed by atoms with Gasteiger partial charge in [-0.3, -0.25) is 4.79 Å². The minimum atomic E-state index is -0.334. The van der Waals surface area contributed by atoms with Crippen LogP contribution in [0.2, 0.25) is 0 Å². The van der Waals surface area contributed by atoms with Crippen LogP contribution in [0, 0.1) is 0 Å². The molecule has 4 aromatic rings. The highest BCUT2D eigenvalue weighted by Gasteiger charge is 2.19. The van der Waals surface area contributed by atoms with E-state index >= 15 is 0 Å². The minimum absolute atomic E-state index is 0.293. The molecule has 154 valence electrons. The first-order valence-corrected chi connectivity index (χ1v) is 9.75. The molecule has 0 fully saturated rings. The van der Waals surface area contributed by atoms with Crippen molar-refractivity contribution in [3.8, 4) is 16.9 Å². The number of urea groups is 1. The molecule has 0 saturated heterocycles. The normalized spacial score (nSPS) is 10.4. The van der Waals surface area contributed by atoms with E-state index in [9.17, 15) is 9.59 Å². The molecule has 0 bridgehead atoms. The van der Waals surface area contributed by atoms with Crippen molar-refractivity contribution in [2.75, 3.05) is 17.7 Å². The molecule has 7 nitrogen and oxygen atoms in total.